The Labute approximate surface area is 153 Å². The van der Waals surface area contributed by atoms with Crippen LogP contribution in [0.1, 0.15) is 31.4 Å². The number of rotatable bonds is 6. The van der Waals surface area contributed by atoms with Crippen LogP contribution in [-0.2, 0) is 4.79 Å². The molecule has 7 nitrogen and oxygen atoms in total. The van der Waals surface area contributed by atoms with Gasteiger partial charge in [0.05, 0.1) is 18.5 Å². The third kappa shape index (κ3) is 5.00. The average molecular weight is 356 g/mol. The van der Waals surface area contributed by atoms with Crippen molar-refractivity contribution in [2.45, 2.75) is 25.7 Å². The summed E-state index contributed by atoms with van der Waals surface area (Å²) in [5.41, 5.74) is 1.64. The van der Waals surface area contributed by atoms with E-state index in [0.717, 1.165) is 37.3 Å². The molecule has 2 aromatic rings. The fourth-order valence-corrected chi connectivity index (χ4v) is 3.18. The highest BCUT2D eigenvalue weighted by Crippen LogP contribution is 2.27. The molecular weight excluding hydrogens is 332 g/mol. The van der Waals surface area contributed by atoms with Crippen LogP contribution in [0.3, 0.4) is 0 Å². The number of piperidine rings is 1. The van der Waals surface area contributed by atoms with E-state index in [-0.39, 0.29) is 12.5 Å². The van der Waals surface area contributed by atoms with E-state index < -0.39 is 0 Å². The molecule has 0 saturated carbocycles. The first-order valence-corrected chi connectivity index (χ1v) is 8.84. The standard InChI is InChI=1S/C19H24N4O3/c1-14(25)21-16-4-6-17(7-5-16)26-19-12-20-11-18(22-19)15-3-2-8-23(13-15)9-10-24/h4-7,11-12,15,24H,2-3,8-10,13H2,1H3,(H,21,25)/t15-/m1/s1. The first-order valence-electron chi connectivity index (χ1n) is 8.84. The minimum absolute atomic E-state index is 0.111. The predicted molar refractivity (Wildman–Crippen MR) is 98.4 cm³/mol. The van der Waals surface area contributed by atoms with E-state index in [9.17, 15) is 4.79 Å². The summed E-state index contributed by atoms with van der Waals surface area (Å²) in [6, 6.07) is 7.12. The third-order valence-corrected chi connectivity index (χ3v) is 4.37. The summed E-state index contributed by atoms with van der Waals surface area (Å²) in [5.74, 6) is 1.28. The number of aliphatic hydroxyl groups excluding tert-OH is 1. The van der Waals surface area contributed by atoms with Gasteiger partial charge in [-0.1, -0.05) is 0 Å². The lowest BCUT2D eigenvalue weighted by molar-refractivity contribution is -0.114. The number of anilines is 1. The lowest BCUT2D eigenvalue weighted by atomic mass is 9.95. The summed E-state index contributed by atoms with van der Waals surface area (Å²) in [6.45, 7) is 4.24. The van der Waals surface area contributed by atoms with Gasteiger partial charge in [0.25, 0.3) is 0 Å². The van der Waals surface area contributed by atoms with Crippen LogP contribution >= 0.6 is 0 Å². The van der Waals surface area contributed by atoms with E-state index in [0.29, 0.717) is 24.1 Å². The van der Waals surface area contributed by atoms with Gasteiger partial charge in [0.1, 0.15) is 5.75 Å². The fourth-order valence-electron chi connectivity index (χ4n) is 3.18. The van der Waals surface area contributed by atoms with Crippen LogP contribution in [0.2, 0.25) is 0 Å². The van der Waals surface area contributed by atoms with Crippen molar-refractivity contribution in [1.82, 2.24) is 14.9 Å². The zero-order valence-electron chi connectivity index (χ0n) is 14.9. The van der Waals surface area contributed by atoms with Crippen molar-refractivity contribution in [1.29, 1.82) is 0 Å². The number of amides is 1. The zero-order chi connectivity index (χ0) is 18.4. The largest absolute Gasteiger partial charge is 0.437 e. The highest BCUT2D eigenvalue weighted by molar-refractivity contribution is 5.88. The number of nitrogens with zero attached hydrogens (tertiary/aromatic N) is 3. The summed E-state index contributed by atoms with van der Waals surface area (Å²) in [5, 5.41) is 11.9. The van der Waals surface area contributed by atoms with Crippen molar-refractivity contribution in [2.75, 3.05) is 31.6 Å². The Balaban J connectivity index is 1.66. The number of benzene rings is 1. The Morgan fingerprint density at radius 2 is 2.15 bits per heavy atom. The van der Waals surface area contributed by atoms with E-state index in [1.165, 1.54) is 6.92 Å². The number of hydrogen-bond acceptors (Lipinski definition) is 6. The van der Waals surface area contributed by atoms with Crippen LogP contribution < -0.4 is 10.1 Å². The van der Waals surface area contributed by atoms with Crippen molar-refractivity contribution in [2.24, 2.45) is 0 Å². The van der Waals surface area contributed by atoms with Gasteiger partial charge < -0.3 is 20.1 Å². The maximum Gasteiger partial charge on any atom is 0.238 e. The second-order valence-corrected chi connectivity index (χ2v) is 6.45. The molecule has 138 valence electrons. The predicted octanol–water partition coefficient (Wildman–Crippen LogP) is 2.40. The summed E-state index contributed by atoms with van der Waals surface area (Å²) >= 11 is 0. The summed E-state index contributed by atoms with van der Waals surface area (Å²) < 4.78 is 5.80. The van der Waals surface area contributed by atoms with Crippen LogP contribution in [0.4, 0.5) is 5.69 Å². The lowest BCUT2D eigenvalue weighted by Gasteiger charge is -2.31. The number of β-amino-alcohol motifs (C(OH)–C–C–N with tert-alkyl or cyclic N) is 1. The second kappa shape index (κ2) is 8.73. The minimum Gasteiger partial charge on any atom is -0.437 e. The Hall–Kier alpha value is -2.51. The molecule has 1 aromatic heterocycles. The molecule has 1 fully saturated rings. The molecule has 0 spiro atoms. The van der Waals surface area contributed by atoms with Crippen molar-refractivity contribution < 1.29 is 14.6 Å². The van der Waals surface area contributed by atoms with Crippen molar-refractivity contribution in [3.05, 3.63) is 42.4 Å². The van der Waals surface area contributed by atoms with Crippen molar-refractivity contribution in [3.8, 4) is 11.6 Å². The van der Waals surface area contributed by atoms with Crippen LogP contribution in [0.5, 0.6) is 11.6 Å². The minimum atomic E-state index is -0.111. The van der Waals surface area contributed by atoms with Crippen LogP contribution in [0.15, 0.2) is 36.7 Å². The van der Waals surface area contributed by atoms with Crippen molar-refractivity contribution >= 4 is 11.6 Å². The Kier molecular flexibility index (Phi) is 6.14. The highest BCUT2D eigenvalue weighted by atomic mass is 16.5. The smallest absolute Gasteiger partial charge is 0.238 e. The summed E-state index contributed by atoms with van der Waals surface area (Å²) in [7, 11) is 0. The van der Waals surface area contributed by atoms with E-state index in [2.05, 4.69) is 20.2 Å². The molecule has 2 N–H and O–H groups in total. The molecule has 1 amide bonds. The number of carbonyl (C=O) groups excluding carboxylic acids is 1. The molecule has 1 aliphatic rings. The molecule has 0 bridgehead atoms. The Bertz CT molecular complexity index is 734. The number of aromatic nitrogens is 2. The molecule has 0 aliphatic carbocycles. The molecule has 1 saturated heterocycles. The number of likely N-dealkylation sites (tertiary alicyclic amines) is 1. The van der Waals surface area contributed by atoms with E-state index in [4.69, 9.17) is 9.84 Å². The summed E-state index contributed by atoms with van der Waals surface area (Å²) in [4.78, 5) is 22.2. The number of aliphatic hydroxyl groups is 1. The normalized spacial score (nSPS) is 17.7. The van der Waals surface area contributed by atoms with Gasteiger partial charge in [0, 0.05) is 37.8 Å². The van der Waals surface area contributed by atoms with Gasteiger partial charge in [-0.2, -0.15) is 0 Å². The van der Waals surface area contributed by atoms with Gasteiger partial charge in [-0.15, -0.1) is 0 Å². The molecule has 3 rings (SSSR count). The zero-order valence-corrected chi connectivity index (χ0v) is 14.9. The molecule has 0 radical (unpaired) electrons. The summed E-state index contributed by atoms with van der Waals surface area (Å²) in [6.07, 6.45) is 5.53. The maximum absolute atomic E-state index is 11.1. The first-order chi connectivity index (χ1) is 12.6. The van der Waals surface area contributed by atoms with Crippen molar-refractivity contribution in [3.63, 3.8) is 0 Å². The quantitative estimate of drug-likeness (QED) is 0.826. The van der Waals surface area contributed by atoms with Gasteiger partial charge >= 0.3 is 0 Å². The Morgan fingerprint density at radius 1 is 1.35 bits per heavy atom. The Morgan fingerprint density at radius 3 is 2.88 bits per heavy atom. The number of carbonyl (C=O) groups is 1. The topological polar surface area (TPSA) is 87.6 Å². The van der Waals surface area contributed by atoms with Gasteiger partial charge in [-0.05, 0) is 43.7 Å². The maximum atomic E-state index is 11.1. The van der Waals surface area contributed by atoms with E-state index in [1.54, 1.807) is 36.7 Å². The third-order valence-electron chi connectivity index (χ3n) is 4.37. The number of ether oxygens (including phenoxy) is 1. The van der Waals surface area contributed by atoms with Crippen LogP contribution in [0.25, 0.3) is 0 Å². The van der Waals surface area contributed by atoms with Gasteiger partial charge in [-0.25, -0.2) is 4.98 Å². The van der Waals surface area contributed by atoms with Crippen LogP contribution in [0, 0.1) is 0 Å². The van der Waals surface area contributed by atoms with Gasteiger partial charge in [0.2, 0.25) is 11.8 Å². The van der Waals surface area contributed by atoms with Crippen LogP contribution in [-0.4, -0.2) is 52.1 Å². The fraction of sp³-hybridized carbons (Fsp3) is 0.421. The number of nitrogens with one attached hydrogen (secondary N) is 1. The van der Waals surface area contributed by atoms with Gasteiger partial charge in [-0.3, -0.25) is 9.78 Å². The first kappa shape index (κ1) is 18.3. The molecule has 1 aliphatic heterocycles. The molecule has 1 atom stereocenters. The monoisotopic (exact) mass is 356 g/mol. The molecule has 2 heterocycles. The molecular formula is C19H24N4O3. The van der Waals surface area contributed by atoms with E-state index >= 15 is 0 Å². The average Bonchev–Trinajstić information content (AvgIpc) is 2.64. The lowest BCUT2D eigenvalue weighted by Crippen LogP contribution is -2.36. The molecule has 1 aromatic carbocycles. The highest BCUT2D eigenvalue weighted by Gasteiger charge is 2.22. The van der Waals surface area contributed by atoms with E-state index in [1.807, 2.05) is 0 Å². The molecule has 0 unspecified atom stereocenters. The number of hydrogen-bond donors (Lipinski definition) is 2. The molecule has 7 heteroatoms. The molecule has 26 heavy (non-hydrogen) atoms. The van der Waals surface area contributed by atoms with Gasteiger partial charge in [0.15, 0.2) is 0 Å². The SMILES string of the molecule is CC(=O)Nc1ccc(Oc2cncc([C@@H]3CCCN(CCO)C3)n2)cc1. The second-order valence-electron chi connectivity index (χ2n) is 6.45.